The number of nitrogens with zero attached hydrogens (tertiary/aromatic N) is 1. The highest BCUT2D eigenvalue weighted by Crippen LogP contribution is 2.10. The Kier molecular flexibility index (Phi) is 5.80. The van der Waals surface area contributed by atoms with Gasteiger partial charge in [0.2, 0.25) is 5.91 Å². The van der Waals surface area contributed by atoms with Crippen LogP contribution in [0.25, 0.3) is 0 Å². The molecule has 1 aromatic rings. The van der Waals surface area contributed by atoms with Crippen LogP contribution in [0.4, 0.5) is 0 Å². The van der Waals surface area contributed by atoms with Gasteiger partial charge in [-0.05, 0) is 20.3 Å². The summed E-state index contributed by atoms with van der Waals surface area (Å²) >= 11 is 0. The van der Waals surface area contributed by atoms with Crippen LogP contribution < -0.4 is 5.32 Å². The van der Waals surface area contributed by atoms with E-state index in [1.807, 2.05) is 13.8 Å². The molecular weight excluding hydrogens is 234 g/mol. The van der Waals surface area contributed by atoms with Crippen LogP contribution in [0, 0.1) is 13.8 Å². The van der Waals surface area contributed by atoms with Gasteiger partial charge >= 0.3 is 0 Å². The van der Waals surface area contributed by atoms with E-state index >= 15 is 0 Å². The minimum absolute atomic E-state index is 0.0259. The van der Waals surface area contributed by atoms with Gasteiger partial charge in [0.1, 0.15) is 0 Å². The molecule has 0 aliphatic heterocycles. The number of carbonyl (C=O) groups is 1. The molecule has 0 aliphatic rings. The quantitative estimate of drug-likeness (QED) is 0.644. The van der Waals surface area contributed by atoms with Gasteiger partial charge in [-0.25, -0.2) is 0 Å². The summed E-state index contributed by atoms with van der Waals surface area (Å²) in [7, 11) is 1.57. The predicted molar refractivity (Wildman–Crippen MR) is 67.3 cm³/mol. The van der Waals surface area contributed by atoms with Gasteiger partial charge < -0.3 is 15.2 Å². The number of methoxy groups -OCH3 is 1. The monoisotopic (exact) mass is 255 g/mol. The number of aliphatic hydroxyl groups is 1. The van der Waals surface area contributed by atoms with Crippen molar-refractivity contribution in [1.29, 1.82) is 0 Å². The Morgan fingerprint density at radius 1 is 1.56 bits per heavy atom. The van der Waals surface area contributed by atoms with Crippen LogP contribution in [0.2, 0.25) is 0 Å². The maximum absolute atomic E-state index is 11.9. The highest BCUT2D eigenvalue weighted by Gasteiger charge is 2.15. The first-order valence-corrected chi connectivity index (χ1v) is 5.98. The molecule has 6 nitrogen and oxygen atoms in total. The largest absolute Gasteiger partial charge is 0.396 e. The molecule has 1 unspecified atom stereocenters. The van der Waals surface area contributed by atoms with Crippen molar-refractivity contribution in [2.45, 2.75) is 32.7 Å². The summed E-state index contributed by atoms with van der Waals surface area (Å²) in [6.07, 6.45) is 0.780. The van der Waals surface area contributed by atoms with Crippen LogP contribution in [-0.2, 0) is 16.0 Å². The van der Waals surface area contributed by atoms with Gasteiger partial charge in [-0.15, -0.1) is 0 Å². The van der Waals surface area contributed by atoms with Crippen LogP contribution in [0.1, 0.15) is 23.4 Å². The number of hydrogen-bond acceptors (Lipinski definition) is 4. The zero-order valence-corrected chi connectivity index (χ0v) is 11.1. The van der Waals surface area contributed by atoms with Gasteiger partial charge in [0.15, 0.2) is 0 Å². The Labute approximate surface area is 107 Å². The highest BCUT2D eigenvalue weighted by atomic mass is 16.5. The minimum atomic E-state index is -0.153. The lowest BCUT2D eigenvalue weighted by Gasteiger charge is -2.16. The van der Waals surface area contributed by atoms with Crippen LogP contribution in [-0.4, -0.2) is 47.6 Å². The average molecular weight is 255 g/mol. The van der Waals surface area contributed by atoms with Gasteiger partial charge in [-0.2, -0.15) is 5.10 Å². The summed E-state index contributed by atoms with van der Waals surface area (Å²) in [6.45, 7) is 4.18. The fraction of sp³-hybridized carbons (Fsp3) is 0.667. The number of aliphatic hydroxyl groups excluding tert-OH is 1. The second-order valence-corrected chi connectivity index (χ2v) is 4.32. The number of hydrogen-bond donors (Lipinski definition) is 3. The zero-order valence-electron chi connectivity index (χ0n) is 11.1. The van der Waals surface area contributed by atoms with Crippen molar-refractivity contribution in [1.82, 2.24) is 15.5 Å². The molecule has 0 spiro atoms. The Morgan fingerprint density at radius 3 is 2.78 bits per heavy atom. The third-order valence-electron chi connectivity index (χ3n) is 2.83. The van der Waals surface area contributed by atoms with E-state index in [1.54, 1.807) is 7.11 Å². The smallest absolute Gasteiger partial charge is 0.224 e. The molecular formula is C12H21N3O3. The van der Waals surface area contributed by atoms with Gasteiger partial charge in [-0.1, -0.05) is 0 Å². The number of carbonyl (C=O) groups excluding carboxylic acids is 1. The first kappa shape index (κ1) is 14.7. The molecule has 0 aliphatic carbocycles. The molecule has 0 saturated carbocycles. The third kappa shape index (κ3) is 4.12. The number of aromatic amines is 1. The first-order chi connectivity index (χ1) is 8.58. The average Bonchev–Trinajstić information content (AvgIpc) is 2.61. The molecule has 6 heteroatoms. The van der Waals surface area contributed by atoms with Gasteiger partial charge in [0.25, 0.3) is 0 Å². The van der Waals surface area contributed by atoms with Crippen molar-refractivity contribution in [3.05, 3.63) is 17.0 Å². The van der Waals surface area contributed by atoms with E-state index in [4.69, 9.17) is 9.84 Å². The molecule has 0 fully saturated rings. The summed E-state index contributed by atoms with van der Waals surface area (Å²) in [5.74, 6) is -0.0851. The lowest BCUT2D eigenvalue weighted by atomic mass is 10.1. The maximum Gasteiger partial charge on any atom is 0.224 e. The van der Waals surface area contributed by atoms with E-state index in [0.717, 1.165) is 17.0 Å². The normalized spacial score (nSPS) is 12.4. The molecule has 0 saturated heterocycles. The lowest BCUT2D eigenvalue weighted by molar-refractivity contribution is -0.121. The van der Waals surface area contributed by atoms with E-state index in [9.17, 15) is 4.79 Å². The molecule has 1 atom stereocenters. The summed E-state index contributed by atoms with van der Waals surface area (Å²) in [6, 6.07) is -0.153. The van der Waals surface area contributed by atoms with Crippen molar-refractivity contribution in [2.24, 2.45) is 0 Å². The van der Waals surface area contributed by atoms with Crippen LogP contribution in [0.15, 0.2) is 0 Å². The van der Waals surface area contributed by atoms with Crippen molar-refractivity contribution >= 4 is 5.91 Å². The first-order valence-electron chi connectivity index (χ1n) is 5.98. The number of aryl methyl sites for hydroxylation is 2. The van der Waals surface area contributed by atoms with Crippen molar-refractivity contribution < 1.29 is 14.6 Å². The summed E-state index contributed by atoms with van der Waals surface area (Å²) < 4.78 is 5.00. The molecule has 3 N–H and O–H groups in total. The number of amides is 1. The topological polar surface area (TPSA) is 87.2 Å². The Bertz CT molecular complexity index is 364. The lowest BCUT2D eigenvalue weighted by Crippen LogP contribution is -2.39. The zero-order chi connectivity index (χ0) is 13.5. The van der Waals surface area contributed by atoms with E-state index in [0.29, 0.717) is 19.4 Å². The van der Waals surface area contributed by atoms with Crippen molar-refractivity contribution in [3.8, 4) is 0 Å². The molecule has 102 valence electrons. The minimum Gasteiger partial charge on any atom is -0.396 e. The second kappa shape index (κ2) is 7.13. The number of H-pyrrole nitrogens is 1. The number of aromatic nitrogens is 2. The number of nitrogens with one attached hydrogen (secondary N) is 2. The Morgan fingerprint density at radius 2 is 2.28 bits per heavy atom. The molecule has 0 radical (unpaired) electrons. The van der Waals surface area contributed by atoms with Gasteiger partial charge in [0, 0.05) is 25.0 Å². The van der Waals surface area contributed by atoms with Crippen molar-refractivity contribution in [3.63, 3.8) is 0 Å². The molecule has 0 bridgehead atoms. The SMILES string of the molecule is COCC(CCO)NC(=O)Cc1c(C)n[nH]c1C. The third-order valence-corrected chi connectivity index (χ3v) is 2.83. The van der Waals surface area contributed by atoms with Gasteiger partial charge in [0.05, 0.1) is 24.8 Å². The second-order valence-electron chi connectivity index (χ2n) is 4.32. The maximum atomic E-state index is 11.9. The predicted octanol–water partition coefficient (Wildman–Crippen LogP) is 0.0826. The summed E-state index contributed by atoms with van der Waals surface area (Å²) in [5, 5.41) is 18.6. The number of ether oxygens (including phenoxy) is 1. The molecule has 1 amide bonds. The van der Waals surface area contributed by atoms with Crippen LogP contribution >= 0.6 is 0 Å². The molecule has 1 heterocycles. The molecule has 1 rings (SSSR count). The van der Waals surface area contributed by atoms with Crippen LogP contribution in [0.3, 0.4) is 0 Å². The van der Waals surface area contributed by atoms with Gasteiger partial charge in [-0.3, -0.25) is 9.89 Å². The van der Waals surface area contributed by atoms with E-state index in [1.165, 1.54) is 0 Å². The Hall–Kier alpha value is -1.40. The summed E-state index contributed by atoms with van der Waals surface area (Å²) in [5.41, 5.74) is 2.67. The summed E-state index contributed by atoms with van der Waals surface area (Å²) in [4.78, 5) is 11.9. The molecule has 18 heavy (non-hydrogen) atoms. The Balaban J connectivity index is 2.54. The fourth-order valence-corrected chi connectivity index (χ4v) is 1.83. The molecule has 0 aromatic carbocycles. The van der Waals surface area contributed by atoms with E-state index < -0.39 is 0 Å². The van der Waals surface area contributed by atoms with E-state index in [2.05, 4.69) is 15.5 Å². The van der Waals surface area contributed by atoms with Crippen molar-refractivity contribution in [2.75, 3.05) is 20.3 Å². The number of rotatable bonds is 7. The molecule has 1 aromatic heterocycles. The highest BCUT2D eigenvalue weighted by molar-refractivity contribution is 5.79. The van der Waals surface area contributed by atoms with E-state index in [-0.39, 0.29) is 18.6 Å². The fourth-order valence-electron chi connectivity index (χ4n) is 1.83. The standard InChI is InChI=1S/C12H21N3O3/c1-8-11(9(2)15-14-8)6-12(17)13-10(4-5-16)7-18-3/h10,16H,4-7H2,1-3H3,(H,13,17)(H,14,15). The van der Waals surface area contributed by atoms with Crippen LogP contribution in [0.5, 0.6) is 0 Å².